The number of alkyl halides is 3. The molecule has 0 bridgehead atoms. The monoisotopic (exact) mass is 207 g/mol. The first-order valence-electron chi connectivity index (χ1n) is 3.76. The van der Waals surface area contributed by atoms with Crippen LogP contribution < -0.4 is 5.06 Å². The molecular weight excluding hydrogens is 202 g/mol. The van der Waals surface area contributed by atoms with E-state index in [1.54, 1.807) is 0 Å². The maximum absolute atomic E-state index is 13.0. The van der Waals surface area contributed by atoms with Gasteiger partial charge >= 0.3 is 6.18 Å². The van der Waals surface area contributed by atoms with Gasteiger partial charge in [-0.2, -0.15) is 13.2 Å². The van der Waals surface area contributed by atoms with Crippen LogP contribution >= 0.6 is 0 Å². The first-order valence-corrected chi connectivity index (χ1v) is 3.76. The summed E-state index contributed by atoms with van der Waals surface area (Å²) in [6, 6.07) is 2.20. The molecule has 2 nitrogen and oxygen atoms in total. The van der Waals surface area contributed by atoms with E-state index >= 15 is 0 Å². The molecule has 2 rings (SSSR count). The lowest BCUT2D eigenvalue weighted by Gasteiger charge is -2.08. The largest absolute Gasteiger partial charge is 0.416 e. The summed E-state index contributed by atoms with van der Waals surface area (Å²) in [4.78, 5) is 4.57. The Kier molecular flexibility index (Phi) is 1.88. The molecule has 1 fully saturated rings. The number of hydroxylamine groups is 1. The third-order valence-corrected chi connectivity index (χ3v) is 1.80. The fourth-order valence-corrected chi connectivity index (χ4v) is 1.05. The minimum atomic E-state index is -4.46. The van der Waals surface area contributed by atoms with E-state index in [9.17, 15) is 17.6 Å². The van der Waals surface area contributed by atoms with Crippen molar-refractivity contribution in [1.82, 2.24) is 0 Å². The molecule has 1 heterocycles. The zero-order valence-corrected chi connectivity index (χ0v) is 6.81. The molecule has 0 unspecified atom stereocenters. The van der Waals surface area contributed by atoms with Gasteiger partial charge in [0.2, 0.25) is 0 Å². The van der Waals surface area contributed by atoms with Crippen LogP contribution in [0.4, 0.5) is 23.2 Å². The van der Waals surface area contributed by atoms with E-state index < -0.39 is 17.6 Å². The summed E-state index contributed by atoms with van der Waals surface area (Å²) < 4.78 is 49.6. The van der Waals surface area contributed by atoms with Crippen LogP contribution in [0.5, 0.6) is 0 Å². The van der Waals surface area contributed by atoms with Gasteiger partial charge in [0.15, 0.2) is 6.73 Å². The maximum Gasteiger partial charge on any atom is 0.416 e. The molecule has 0 aromatic heterocycles. The lowest BCUT2D eigenvalue weighted by Crippen LogP contribution is -2.06. The average Bonchev–Trinajstić information content (AvgIpc) is 2.85. The second-order valence-corrected chi connectivity index (χ2v) is 2.80. The molecule has 0 aliphatic carbocycles. The van der Waals surface area contributed by atoms with Crippen molar-refractivity contribution >= 4 is 5.69 Å². The number of halogens is 4. The Labute approximate surface area is 76.6 Å². The van der Waals surface area contributed by atoms with Crippen LogP contribution in [-0.2, 0) is 11.0 Å². The van der Waals surface area contributed by atoms with Crippen molar-refractivity contribution in [2.45, 2.75) is 6.18 Å². The van der Waals surface area contributed by atoms with Gasteiger partial charge in [-0.25, -0.2) is 14.3 Å². The zero-order valence-electron chi connectivity index (χ0n) is 6.81. The van der Waals surface area contributed by atoms with Crippen molar-refractivity contribution < 1.29 is 22.4 Å². The highest BCUT2D eigenvalue weighted by Crippen LogP contribution is 2.34. The van der Waals surface area contributed by atoms with Gasteiger partial charge in [0.05, 0.1) is 5.56 Å². The second kappa shape index (κ2) is 2.84. The first kappa shape index (κ1) is 9.26. The van der Waals surface area contributed by atoms with Crippen molar-refractivity contribution in [2.24, 2.45) is 0 Å². The van der Waals surface area contributed by atoms with Gasteiger partial charge in [0.1, 0.15) is 11.5 Å². The Balaban J connectivity index is 2.40. The third kappa shape index (κ3) is 1.65. The molecule has 0 atom stereocenters. The number of hydrogen-bond acceptors (Lipinski definition) is 2. The lowest BCUT2D eigenvalue weighted by atomic mass is 10.2. The quantitative estimate of drug-likeness (QED) is 0.519. The summed E-state index contributed by atoms with van der Waals surface area (Å²) in [5.74, 6) is -0.726. The number of hydrogen-bond donors (Lipinski definition) is 0. The standard InChI is InChI=1S/C8H5F4NO/c9-6-2-1-5(8(10,11)12)3-7(6)13-4-14-13/h1-3H,4H2. The predicted molar refractivity (Wildman–Crippen MR) is 39.8 cm³/mol. The normalized spacial score (nSPS) is 15.9. The van der Waals surface area contributed by atoms with E-state index in [1.165, 1.54) is 0 Å². The summed E-state index contributed by atoms with van der Waals surface area (Å²) in [7, 11) is 0. The molecular formula is C8H5F4NO. The van der Waals surface area contributed by atoms with E-state index in [4.69, 9.17) is 0 Å². The Morgan fingerprint density at radius 3 is 2.43 bits per heavy atom. The van der Waals surface area contributed by atoms with Crippen molar-refractivity contribution in [2.75, 3.05) is 11.8 Å². The number of anilines is 1. The van der Waals surface area contributed by atoms with Crippen LogP contribution in [0.15, 0.2) is 18.2 Å². The predicted octanol–water partition coefficient (Wildman–Crippen LogP) is 2.55. The minimum Gasteiger partial charge on any atom is -0.247 e. The Hall–Kier alpha value is -1.30. The number of nitrogens with zero attached hydrogens (tertiary/aromatic N) is 1. The average molecular weight is 207 g/mol. The molecule has 0 spiro atoms. The lowest BCUT2D eigenvalue weighted by molar-refractivity contribution is -0.137. The first-order chi connectivity index (χ1) is 6.48. The smallest absolute Gasteiger partial charge is 0.247 e. The highest BCUT2D eigenvalue weighted by atomic mass is 19.4. The second-order valence-electron chi connectivity index (χ2n) is 2.80. The van der Waals surface area contributed by atoms with Crippen LogP contribution in [0.1, 0.15) is 5.56 Å². The SMILES string of the molecule is Fc1ccc(C(F)(F)F)cc1N1CO1. The Bertz CT molecular complexity index is 359. The van der Waals surface area contributed by atoms with Crippen LogP contribution in [0.3, 0.4) is 0 Å². The molecule has 0 amide bonds. The minimum absolute atomic E-state index is 0.123. The fraction of sp³-hybridized carbons (Fsp3) is 0.250. The maximum atomic E-state index is 13.0. The van der Waals surface area contributed by atoms with E-state index in [1.807, 2.05) is 0 Å². The molecule has 1 aromatic rings. The molecule has 0 N–H and O–H groups in total. The van der Waals surface area contributed by atoms with E-state index in [0.29, 0.717) is 6.07 Å². The summed E-state index contributed by atoms with van der Waals surface area (Å²) in [5.41, 5.74) is -1.07. The Morgan fingerprint density at radius 1 is 1.29 bits per heavy atom. The molecule has 0 saturated carbocycles. The van der Waals surface area contributed by atoms with Crippen LogP contribution in [0.2, 0.25) is 0 Å². The molecule has 0 radical (unpaired) electrons. The van der Waals surface area contributed by atoms with E-state index in [0.717, 1.165) is 17.2 Å². The summed E-state index contributed by atoms with van der Waals surface area (Å²) in [5, 5.41) is 1.05. The molecule has 76 valence electrons. The van der Waals surface area contributed by atoms with Gasteiger partial charge in [0.25, 0.3) is 0 Å². The highest BCUT2D eigenvalue weighted by molar-refractivity contribution is 5.50. The van der Waals surface area contributed by atoms with Crippen molar-refractivity contribution in [3.63, 3.8) is 0 Å². The molecule has 1 aliphatic heterocycles. The molecule has 14 heavy (non-hydrogen) atoms. The van der Waals surface area contributed by atoms with Gasteiger partial charge in [-0.3, -0.25) is 0 Å². The van der Waals surface area contributed by atoms with Gasteiger partial charge in [-0.1, -0.05) is 0 Å². The number of rotatable bonds is 1. The molecule has 1 aromatic carbocycles. The highest BCUT2D eigenvalue weighted by Gasteiger charge is 2.33. The zero-order chi connectivity index (χ0) is 10.3. The van der Waals surface area contributed by atoms with Crippen molar-refractivity contribution in [1.29, 1.82) is 0 Å². The van der Waals surface area contributed by atoms with Crippen LogP contribution in [0, 0.1) is 5.82 Å². The fourth-order valence-electron chi connectivity index (χ4n) is 1.05. The van der Waals surface area contributed by atoms with E-state index in [2.05, 4.69) is 4.84 Å². The van der Waals surface area contributed by atoms with Gasteiger partial charge in [-0.15, -0.1) is 0 Å². The van der Waals surface area contributed by atoms with Crippen molar-refractivity contribution in [3.8, 4) is 0 Å². The van der Waals surface area contributed by atoms with Crippen LogP contribution in [0.25, 0.3) is 0 Å². The van der Waals surface area contributed by atoms with Crippen LogP contribution in [-0.4, -0.2) is 6.73 Å². The van der Waals surface area contributed by atoms with Crippen molar-refractivity contribution in [3.05, 3.63) is 29.6 Å². The van der Waals surface area contributed by atoms with Gasteiger partial charge < -0.3 is 0 Å². The molecule has 1 saturated heterocycles. The molecule has 1 aliphatic rings. The number of benzene rings is 1. The van der Waals surface area contributed by atoms with Gasteiger partial charge in [-0.05, 0) is 18.2 Å². The summed E-state index contributed by atoms with van der Waals surface area (Å²) in [6.45, 7) is 0.123. The van der Waals surface area contributed by atoms with Gasteiger partial charge in [0, 0.05) is 0 Å². The third-order valence-electron chi connectivity index (χ3n) is 1.80. The summed E-state index contributed by atoms with van der Waals surface area (Å²) in [6.07, 6.45) is -4.46. The topological polar surface area (TPSA) is 15.5 Å². The summed E-state index contributed by atoms with van der Waals surface area (Å²) >= 11 is 0. The van der Waals surface area contributed by atoms with E-state index in [-0.39, 0.29) is 12.4 Å². The molecule has 6 heteroatoms. The Morgan fingerprint density at radius 2 is 1.93 bits per heavy atom.